The Morgan fingerprint density at radius 1 is 0.564 bits per heavy atom. The van der Waals surface area contributed by atoms with Crippen LogP contribution in [0.15, 0.2) is 66.7 Å². The molecule has 0 spiro atoms. The van der Waals surface area contributed by atoms with Gasteiger partial charge < -0.3 is 26.2 Å². The van der Waals surface area contributed by atoms with Crippen LogP contribution in [-0.4, -0.2) is 44.2 Å². The predicted molar refractivity (Wildman–Crippen MR) is 150 cm³/mol. The van der Waals surface area contributed by atoms with Crippen molar-refractivity contribution in [2.75, 3.05) is 5.73 Å². The second kappa shape index (κ2) is 8.15. The van der Waals surface area contributed by atoms with E-state index in [4.69, 9.17) is 16.6 Å². The Morgan fingerprint density at radius 3 is 1.64 bits per heavy atom. The van der Waals surface area contributed by atoms with Crippen molar-refractivity contribution in [3.05, 3.63) is 89.0 Å². The SMILES string of the molecule is N=C(O)c1ccc2c3ccc(C(=O)O)c4c(C(=O)O)ccc(c5c(-c6ccccc6)c(N)c(C(=N)O)c1c25)c43. The maximum Gasteiger partial charge on any atom is 0.336 e. The van der Waals surface area contributed by atoms with Gasteiger partial charge in [-0.25, -0.2) is 9.59 Å². The fourth-order valence-electron chi connectivity index (χ4n) is 5.77. The molecule has 9 nitrogen and oxygen atoms in total. The predicted octanol–water partition coefficient (Wildman–Crippen LogP) is 6.15. The summed E-state index contributed by atoms with van der Waals surface area (Å²) >= 11 is 0. The molecule has 0 radical (unpaired) electrons. The van der Waals surface area contributed by atoms with E-state index in [-0.39, 0.29) is 38.7 Å². The van der Waals surface area contributed by atoms with E-state index in [1.807, 2.05) is 6.07 Å². The van der Waals surface area contributed by atoms with Crippen molar-refractivity contribution in [3.63, 3.8) is 0 Å². The average molecular weight is 517 g/mol. The number of carboxylic acid groups (broad SMARTS) is 2. The molecule has 39 heavy (non-hydrogen) atoms. The zero-order chi connectivity index (χ0) is 27.7. The highest BCUT2D eigenvalue weighted by atomic mass is 16.4. The molecule has 0 saturated heterocycles. The van der Waals surface area contributed by atoms with Crippen LogP contribution in [-0.2, 0) is 0 Å². The molecule has 0 aliphatic carbocycles. The molecule has 190 valence electrons. The highest BCUT2D eigenvalue weighted by Gasteiger charge is 2.28. The average Bonchev–Trinajstić information content (AvgIpc) is 2.90. The number of rotatable bonds is 5. The lowest BCUT2D eigenvalue weighted by molar-refractivity contribution is 0.0695. The third-order valence-electron chi connectivity index (χ3n) is 7.23. The second-order valence-electron chi connectivity index (χ2n) is 9.19. The van der Waals surface area contributed by atoms with Crippen LogP contribution < -0.4 is 5.73 Å². The van der Waals surface area contributed by atoms with E-state index >= 15 is 0 Å². The first-order chi connectivity index (χ1) is 18.6. The highest BCUT2D eigenvalue weighted by molar-refractivity contribution is 6.41. The van der Waals surface area contributed by atoms with Gasteiger partial charge in [-0.2, -0.15) is 0 Å². The zero-order valence-electron chi connectivity index (χ0n) is 20.0. The molecule has 6 aromatic carbocycles. The number of carboxylic acids is 2. The van der Waals surface area contributed by atoms with Crippen LogP contribution >= 0.6 is 0 Å². The maximum absolute atomic E-state index is 12.2. The van der Waals surface area contributed by atoms with Crippen molar-refractivity contribution in [2.24, 2.45) is 0 Å². The number of anilines is 1. The van der Waals surface area contributed by atoms with Gasteiger partial charge in [-0.1, -0.05) is 48.5 Å². The van der Waals surface area contributed by atoms with Gasteiger partial charge in [-0.05, 0) is 50.7 Å². The number of aliphatic hydroxyl groups is 2. The minimum atomic E-state index is -1.28. The number of fused-ring (bicyclic) bond motifs is 2. The lowest BCUT2D eigenvalue weighted by Crippen LogP contribution is -2.11. The Balaban J connectivity index is 2.06. The Bertz CT molecular complexity index is 2060. The molecule has 0 aromatic heterocycles. The van der Waals surface area contributed by atoms with Gasteiger partial charge in [0.25, 0.3) is 0 Å². The van der Waals surface area contributed by atoms with Gasteiger partial charge in [0, 0.05) is 27.3 Å². The summed E-state index contributed by atoms with van der Waals surface area (Å²) in [4.78, 5) is 24.4. The molecule has 0 heterocycles. The molecular weight excluding hydrogens is 498 g/mol. The summed E-state index contributed by atoms with van der Waals surface area (Å²) in [6, 6.07) is 18.0. The minimum Gasteiger partial charge on any atom is -0.493 e. The number of hydrogen-bond donors (Lipinski definition) is 7. The Kier molecular flexibility index (Phi) is 4.95. The Labute approximate surface area is 219 Å². The van der Waals surface area contributed by atoms with Crippen molar-refractivity contribution >= 4 is 72.5 Å². The summed E-state index contributed by atoms with van der Waals surface area (Å²) in [5.41, 5.74) is 7.39. The molecule has 0 saturated carbocycles. The molecule has 0 fully saturated rings. The van der Waals surface area contributed by atoms with Gasteiger partial charge in [-0.3, -0.25) is 10.8 Å². The smallest absolute Gasteiger partial charge is 0.336 e. The lowest BCUT2D eigenvalue weighted by Gasteiger charge is -2.23. The van der Waals surface area contributed by atoms with Crippen molar-refractivity contribution < 1.29 is 30.0 Å². The Morgan fingerprint density at radius 2 is 1.10 bits per heavy atom. The van der Waals surface area contributed by atoms with Crippen molar-refractivity contribution in [1.29, 1.82) is 10.8 Å². The fraction of sp³-hybridized carbons (Fsp3) is 0. The van der Waals surface area contributed by atoms with Crippen LogP contribution in [0.2, 0.25) is 0 Å². The summed E-state index contributed by atoms with van der Waals surface area (Å²) in [5.74, 6) is -4.21. The largest absolute Gasteiger partial charge is 0.493 e. The second-order valence-corrected chi connectivity index (χ2v) is 9.19. The van der Waals surface area contributed by atoms with Crippen molar-refractivity contribution in [1.82, 2.24) is 0 Å². The van der Waals surface area contributed by atoms with E-state index in [0.717, 1.165) is 0 Å². The maximum atomic E-state index is 12.2. The quantitative estimate of drug-likeness (QED) is 0.0469. The summed E-state index contributed by atoms with van der Waals surface area (Å²) in [7, 11) is 0. The minimum absolute atomic E-state index is 0.0177. The van der Waals surface area contributed by atoms with Gasteiger partial charge in [0.05, 0.1) is 22.4 Å². The molecule has 0 bridgehead atoms. The number of hydrogen-bond acceptors (Lipinski definition) is 5. The summed E-state index contributed by atoms with van der Waals surface area (Å²) < 4.78 is 0. The number of benzene rings is 6. The van der Waals surface area contributed by atoms with Crippen LogP contribution in [0.25, 0.3) is 54.2 Å². The number of nitrogen functional groups attached to an aromatic ring is 1. The molecule has 0 amide bonds. The van der Waals surface area contributed by atoms with Crippen molar-refractivity contribution in [2.45, 2.75) is 0 Å². The third kappa shape index (κ3) is 3.13. The van der Waals surface area contributed by atoms with Gasteiger partial charge in [0.15, 0.2) is 0 Å². The molecule has 0 atom stereocenters. The number of nitrogens with two attached hydrogens (primary N) is 1. The molecule has 0 unspecified atom stereocenters. The fourth-order valence-corrected chi connectivity index (χ4v) is 5.77. The molecule has 9 heteroatoms. The Hall–Kier alpha value is -5.70. The first-order valence-electron chi connectivity index (χ1n) is 11.7. The van der Waals surface area contributed by atoms with Crippen LogP contribution in [0.3, 0.4) is 0 Å². The van der Waals surface area contributed by atoms with E-state index in [1.165, 1.54) is 18.2 Å². The van der Waals surface area contributed by atoms with Gasteiger partial charge in [0.2, 0.25) is 11.8 Å². The topological polar surface area (TPSA) is 189 Å². The standard InChI is InChI=1S/C30H19N3O6/c31-26-19(12-4-2-1-3-5-12)23-15-8-11-18(30(38)39)21-17(29(36)37)10-7-13(20(15)21)14-6-9-16(27(32)34)24(22(14)23)25(26)28(33)35/h1-11H,31H2,(H2,32,34)(H2,33,35)(H,36,37)(H,38,39). The molecular formula is C30H19N3O6. The number of aliphatic hydroxyl groups excluding tert-OH is 2. The van der Waals surface area contributed by atoms with Crippen LogP contribution in [0, 0.1) is 10.8 Å². The monoisotopic (exact) mass is 517 g/mol. The lowest BCUT2D eigenvalue weighted by atomic mass is 9.80. The normalized spacial score (nSPS) is 11.5. The third-order valence-corrected chi connectivity index (χ3v) is 7.23. The van der Waals surface area contributed by atoms with Crippen LogP contribution in [0.1, 0.15) is 31.8 Å². The zero-order valence-corrected chi connectivity index (χ0v) is 20.0. The van der Waals surface area contributed by atoms with Crippen molar-refractivity contribution in [3.8, 4) is 11.1 Å². The van der Waals surface area contributed by atoms with E-state index in [1.54, 1.807) is 42.5 Å². The number of nitrogens with one attached hydrogen (secondary N) is 2. The summed E-state index contributed by atoms with van der Waals surface area (Å²) in [5, 5.41) is 60.1. The molecule has 0 aliphatic heterocycles. The first kappa shape index (κ1) is 23.7. The van der Waals surface area contributed by atoms with Crippen LogP contribution in [0.5, 0.6) is 0 Å². The van der Waals surface area contributed by atoms with Gasteiger partial charge >= 0.3 is 11.9 Å². The first-order valence-corrected chi connectivity index (χ1v) is 11.7. The van der Waals surface area contributed by atoms with E-state index in [2.05, 4.69) is 0 Å². The van der Waals surface area contributed by atoms with E-state index in [0.29, 0.717) is 43.4 Å². The number of aromatic carboxylic acids is 2. The summed E-state index contributed by atoms with van der Waals surface area (Å²) in [6.07, 6.45) is 0. The highest BCUT2D eigenvalue weighted by Crippen LogP contribution is 2.50. The van der Waals surface area contributed by atoms with E-state index in [9.17, 15) is 30.0 Å². The molecule has 6 aromatic rings. The molecule has 6 rings (SSSR count). The molecule has 8 N–H and O–H groups in total. The number of carbonyl (C=O) groups is 2. The summed E-state index contributed by atoms with van der Waals surface area (Å²) in [6.45, 7) is 0. The van der Waals surface area contributed by atoms with Crippen LogP contribution in [0.4, 0.5) is 5.69 Å². The van der Waals surface area contributed by atoms with Gasteiger partial charge in [-0.15, -0.1) is 0 Å². The van der Waals surface area contributed by atoms with Gasteiger partial charge in [0.1, 0.15) is 0 Å². The van der Waals surface area contributed by atoms with E-state index < -0.39 is 23.7 Å². The molecule has 0 aliphatic rings.